The van der Waals surface area contributed by atoms with Crippen LogP contribution in [0.1, 0.15) is 36.1 Å². The second-order valence-electron chi connectivity index (χ2n) is 5.34. The fourth-order valence-corrected chi connectivity index (χ4v) is 2.93. The summed E-state index contributed by atoms with van der Waals surface area (Å²) in [5.74, 6) is -0.432. The summed E-state index contributed by atoms with van der Waals surface area (Å²) >= 11 is 5.89. The Morgan fingerprint density at radius 3 is 2.71 bits per heavy atom. The number of benzene rings is 1. The van der Waals surface area contributed by atoms with E-state index < -0.39 is 11.9 Å². The van der Waals surface area contributed by atoms with Crippen LogP contribution in [-0.2, 0) is 0 Å². The van der Waals surface area contributed by atoms with E-state index in [2.05, 4.69) is 10.3 Å². The Balaban J connectivity index is 1.70. The minimum Gasteiger partial charge on any atom is -0.387 e. The van der Waals surface area contributed by atoms with Crippen LogP contribution in [0.15, 0.2) is 42.7 Å². The Hall–Kier alpha value is -1.49. The van der Waals surface area contributed by atoms with Gasteiger partial charge in [-0.3, -0.25) is 4.98 Å². The van der Waals surface area contributed by atoms with Crippen molar-refractivity contribution < 1.29 is 9.50 Å². The fraction of sp³-hybridized carbons (Fsp3) is 0.312. The van der Waals surface area contributed by atoms with E-state index in [-0.39, 0.29) is 12.1 Å². The standard InChI is InChI=1S/C16H16ClFN2O/c17-12-3-1-10(2-4-12)14-5-6-15(20-14)16(21)11-7-13(18)9-19-8-11/h1-4,7-9,14-16,20-21H,5-6H2/t14-,15-,16-/m1/s1. The van der Waals surface area contributed by atoms with E-state index in [1.165, 1.54) is 12.3 Å². The van der Waals surface area contributed by atoms with E-state index in [9.17, 15) is 9.50 Å². The quantitative estimate of drug-likeness (QED) is 0.913. The monoisotopic (exact) mass is 306 g/mol. The molecule has 1 aromatic heterocycles. The smallest absolute Gasteiger partial charge is 0.141 e. The van der Waals surface area contributed by atoms with Gasteiger partial charge in [-0.2, -0.15) is 0 Å². The Labute approximate surface area is 127 Å². The highest BCUT2D eigenvalue weighted by Crippen LogP contribution is 2.32. The van der Waals surface area contributed by atoms with Crippen LogP contribution in [0.2, 0.25) is 5.02 Å². The fourth-order valence-electron chi connectivity index (χ4n) is 2.80. The Bertz CT molecular complexity index is 620. The molecule has 5 heteroatoms. The number of halogens is 2. The molecule has 0 spiro atoms. The third-order valence-corrected chi connectivity index (χ3v) is 4.15. The summed E-state index contributed by atoms with van der Waals surface area (Å²) in [6.07, 6.45) is 3.63. The number of hydrogen-bond donors (Lipinski definition) is 2. The normalized spacial score (nSPS) is 23.2. The second kappa shape index (κ2) is 6.10. The number of aliphatic hydroxyl groups is 1. The molecule has 0 saturated carbocycles. The van der Waals surface area contributed by atoms with E-state index >= 15 is 0 Å². The summed E-state index contributed by atoms with van der Waals surface area (Å²) < 4.78 is 13.2. The maximum Gasteiger partial charge on any atom is 0.141 e. The molecule has 3 atom stereocenters. The first kappa shape index (κ1) is 14.4. The van der Waals surface area contributed by atoms with Crippen LogP contribution in [0.5, 0.6) is 0 Å². The molecule has 0 bridgehead atoms. The average Bonchev–Trinajstić information content (AvgIpc) is 2.97. The van der Waals surface area contributed by atoms with Gasteiger partial charge in [0.2, 0.25) is 0 Å². The summed E-state index contributed by atoms with van der Waals surface area (Å²) in [5.41, 5.74) is 1.65. The first-order valence-corrected chi connectivity index (χ1v) is 7.31. The highest BCUT2D eigenvalue weighted by molar-refractivity contribution is 6.30. The number of hydrogen-bond acceptors (Lipinski definition) is 3. The molecule has 3 rings (SSSR count). The predicted molar refractivity (Wildman–Crippen MR) is 79.5 cm³/mol. The molecular weight excluding hydrogens is 291 g/mol. The molecule has 2 N–H and O–H groups in total. The van der Waals surface area contributed by atoms with Crippen LogP contribution < -0.4 is 5.32 Å². The number of rotatable bonds is 3. The largest absolute Gasteiger partial charge is 0.387 e. The van der Waals surface area contributed by atoms with Gasteiger partial charge in [-0.05, 0) is 36.6 Å². The Kier molecular flexibility index (Phi) is 4.19. The number of aliphatic hydroxyl groups excluding tert-OH is 1. The first-order chi connectivity index (χ1) is 10.1. The summed E-state index contributed by atoms with van der Waals surface area (Å²) in [6.45, 7) is 0. The van der Waals surface area contributed by atoms with Crippen LogP contribution in [-0.4, -0.2) is 16.1 Å². The van der Waals surface area contributed by atoms with Crippen molar-refractivity contribution in [2.45, 2.75) is 31.0 Å². The molecule has 1 aliphatic rings. The zero-order valence-corrected chi connectivity index (χ0v) is 12.1. The van der Waals surface area contributed by atoms with E-state index in [1.807, 2.05) is 24.3 Å². The molecule has 2 aromatic rings. The van der Waals surface area contributed by atoms with Crippen LogP contribution in [0, 0.1) is 5.82 Å². The van der Waals surface area contributed by atoms with Gasteiger partial charge in [0, 0.05) is 28.9 Å². The SMILES string of the molecule is O[C@H](c1cncc(F)c1)[C@H]1CC[C@H](c2ccc(Cl)cc2)N1. The molecule has 3 nitrogen and oxygen atoms in total. The molecule has 110 valence electrons. The number of nitrogens with one attached hydrogen (secondary N) is 1. The third-order valence-electron chi connectivity index (χ3n) is 3.90. The Morgan fingerprint density at radius 2 is 2.00 bits per heavy atom. The minimum absolute atomic E-state index is 0.103. The average molecular weight is 307 g/mol. The number of pyridine rings is 1. The van der Waals surface area contributed by atoms with E-state index in [0.29, 0.717) is 10.6 Å². The van der Waals surface area contributed by atoms with Gasteiger partial charge in [-0.25, -0.2) is 4.39 Å². The van der Waals surface area contributed by atoms with Crippen LogP contribution in [0.3, 0.4) is 0 Å². The molecule has 0 radical (unpaired) electrons. The van der Waals surface area contributed by atoms with E-state index in [4.69, 9.17) is 11.6 Å². The lowest BCUT2D eigenvalue weighted by atomic mass is 10.0. The van der Waals surface area contributed by atoms with Crippen LogP contribution >= 0.6 is 11.6 Å². The van der Waals surface area contributed by atoms with Crippen molar-refractivity contribution in [1.29, 1.82) is 0 Å². The van der Waals surface area contributed by atoms with Crippen molar-refractivity contribution in [1.82, 2.24) is 10.3 Å². The van der Waals surface area contributed by atoms with Crippen LogP contribution in [0.25, 0.3) is 0 Å². The molecule has 0 unspecified atom stereocenters. The van der Waals surface area contributed by atoms with Crippen molar-refractivity contribution in [3.8, 4) is 0 Å². The lowest BCUT2D eigenvalue weighted by Gasteiger charge is -2.20. The van der Waals surface area contributed by atoms with Gasteiger partial charge in [0.1, 0.15) is 5.82 Å². The zero-order valence-electron chi connectivity index (χ0n) is 11.3. The summed E-state index contributed by atoms with van der Waals surface area (Å²) in [4.78, 5) is 3.79. The summed E-state index contributed by atoms with van der Waals surface area (Å²) in [7, 11) is 0. The minimum atomic E-state index is -0.759. The van der Waals surface area contributed by atoms with Gasteiger partial charge in [0.25, 0.3) is 0 Å². The van der Waals surface area contributed by atoms with Crippen molar-refractivity contribution in [2.75, 3.05) is 0 Å². The summed E-state index contributed by atoms with van der Waals surface area (Å²) in [6, 6.07) is 9.10. The van der Waals surface area contributed by atoms with Crippen molar-refractivity contribution in [3.63, 3.8) is 0 Å². The molecule has 0 aliphatic carbocycles. The molecule has 1 saturated heterocycles. The molecule has 0 amide bonds. The molecule has 2 heterocycles. The summed E-state index contributed by atoms with van der Waals surface area (Å²) in [5, 5.41) is 14.5. The first-order valence-electron chi connectivity index (χ1n) is 6.93. The predicted octanol–water partition coefficient (Wildman–Crippen LogP) is 3.40. The number of aromatic nitrogens is 1. The van der Waals surface area contributed by atoms with E-state index in [0.717, 1.165) is 24.6 Å². The lowest BCUT2D eigenvalue weighted by Crippen LogP contribution is -2.30. The highest BCUT2D eigenvalue weighted by atomic mass is 35.5. The Morgan fingerprint density at radius 1 is 1.24 bits per heavy atom. The lowest BCUT2D eigenvalue weighted by molar-refractivity contribution is 0.134. The van der Waals surface area contributed by atoms with Gasteiger partial charge in [0.05, 0.1) is 12.3 Å². The maximum absolute atomic E-state index is 13.2. The number of nitrogens with zero attached hydrogens (tertiary/aromatic N) is 1. The molecular formula is C16H16ClFN2O. The van der Waals surface area contributed by atoms with Gasteiger partial charge < -0.3 is 10.4 Å². The van der Waals surface area contributed by atoms with E-state index in [1.54, 1.807) is 0 Å². The highest BCUT2D eigenvalue weighted by Gasteiger charge is 2.30. The zero-order chi connectivity index (χ0) is 14.8. The topological polar surface area (TPSA) is 45.2 Å². The van der Waals surface area contributed by atoms with Gasteiger partial charge in [-0.1, -0.05) is 23.7 Å². The second-order valence-corrected chi connectivity index (χ2v) is 5.77. The molecule has 1 aromatic carbocycles. The van der Waals surface area contributed by atoms with Gasteiger partial charge in [0.15, 0.2) is 0 Å². The van der Waals surface area contributed by atoms with Crippen molar-refractivity contribution in [3.05, 3.63) is 64.7 Å². The maximum atomic E-state index is 13.2. The van der Waals surface area contributed by atoms with Crippen LogP contribution in [0.4, 0.5) is 4.39 Å². The molecule has 21 heavy (non-hydrogen) atoms. The third kappa shape index (κ3) is 3.23. The van der Waals surface area contributed by atoms with Crippen molar-refractivity contribution in [2.24, 2.45) is 0 Å². The van der Waals surface area contributed by atoms with Gasteiger partial charge in [-0.15, -0.1) is 0 Å². The van der Waals surface area contributed by atoms with Gasteiger partial charge >= 0.3 is 0 Å². The molecule has 1 fully saturated rings. The van der Waals surface area contributed by atoms with Crippen molar-refractivity contribution >= 4 is 11.6 Å². The molecule has 1 aliphatic heterocycles.